The summed E-state index contributed by atoms with van der Waals surface area (Å²) < 4.78 is 7.87. The minimum Gasteiger partial charge on any atom is -0.497 e. The summed E-state index contributed by atoms with van der Waals surface area (Å²) >= 11 is 0. The van der Waals surface area contributed by atoms with Crippen molar-refractivity contribution in [2.75, 3.05) is 7.11 Å². The number of rotatable bonds is 8. The zero-order valence-corrected chi connectivity index (χ0v) is 20.6. The van der Waals surface area contributed by atoms with Crippen molar-refractivity contribution in [2.45, 2.75) is 71.3 Å². The molecule has 1 aromatic heterocycles. The van der Waals surface area contributed by atoms with Crippen LogP contribution in [0.5, 0.6) is 5.75 Å². The summed E-state index contributed by atoms with van der Waals surface area (Å²) in [5.74, 6) is 1.09. The third-order valence-electron chi connectivity index (χ3n) is 8.09. The van der Waals surface area contributed by atoms with Crippen LogP contribution in [-0.4, -0.2) is 23.4 Å². The van der Waals surface area contributed by atoms with Gasteiger partial charge in [-0.1, -0.05) is 38.8 Å². The Morgan fingerprint density at radius 3 is 2.50 bits per heavy atom. The zero-order valence-electron chi connectivity index (χ0n) is 20.6. The number of hydrogen-bond donors (Lipinski definition) is 1. The van der Waals surface area contributed by atoms with Crippen molar-refractivity contribution in [1.82, 2.24) is 4.57 Å². The van der Waals surface area contributed by atoms with Crippen molar-refractivity contribution in [3.05, 3.63) is 53.1 Å². The first kappa shape index (κ1) is 22.7. The smallest absolute Gasteiger partial charge is 0.226 e. The molecule has 0 spiro atoms. The molecule has 2 heterocycles. The molecule has 5 nitrogen and oxygen atoms in total. The van der Waals surface area contributed by atoms with Gasteiger partial charge in [0.05, 0.1) is 18.2 Å². The van der Waals surface area contributed by atoms with Gasteiger partial charge in [-0.25, -0.2) is 0 Å². The minimum atomic E-state index is -0.604. The van der Waals surface area contributed by atoms with Crippen molar-refractivity contribution < 1.29 is 14.3 Å². The summed E-state index contributed by atoms with van der Waals surface area (Å²) in [6.07, 6.45) is 5.16. The molecule has 0 bridgehead atoms. The second kappa shape index (κ2) is 8.30. The van der Waals surface area contributed by atoms with Gasteiger partial charge in [-0.05, 0) is 67.5 Å². The number of methoxy groups -OCH3 is 1. The number of nitrogens with two attached hydrogens (primary N) is 1. The van der Waals surface area contributed by atoms with E-state index in [1.54, 1.807) is 14.0 Å². The summed E-state index contributed by atoms with van der Waals surface area (Å²) in [6, 6.07) is 12.3. The van der Waals surface area contributed by atoms with E-state index in [2.05, 4.69) is 36.6 Å². The highest BCUT2D eigenvalue weighted by Crippen LogP contribution is 2.65. The van der Waals surface area contributed by atoms with Crippen LogP contribution in [0.2, 0.25) is 0 Å². The lowest BCUT2D eigenvalue weighted by Gasteiger charge is -2.20. The minimum absolute atomic E-state index is 0.0466. The fourth-order valence-corrected chi connectivity index (χ4v) is 6.28. The van der Waals surface area contributed by atoms with Gasteiger partial charge in [0, 0.05) is 34.5 Å². The van der Waals surface area contributed by atoms with E-state index in [9.17, 15) is 9.59 Å². The molecule has 2 unspecified atom stereocenters. The number of ether oxygens (including phenoxy) is 1. The van der Waals surface area contributed by atoms with Gasteiger partial charge in [-0.3, -0.25) is 9.59 Å². The average molecular weight is 459 g/mol. The van der Waals surface area contributed by atoms with Crippen LogP contribution in [0, 0.1) is 5.41 Å². The molecule has 2 aromatic carbocycles. The lowest BCUT2D eigenvalue weighted by Crippen LogP contribution is -2.30. The Hall–Kier alpha value is -3.08. The predicted octanol–water partition coefficient (Wildman–Crippen LogP) is 6.18. The molecule has 2 N–H and O–H groups in total. The SMILES string of the molecule is CCCC(CCC)c1c2n(c3cc(C(C)=O)ccc13)CC1(C(N)=O)CC1c1cc(OC)ccc1-2. The van der Waals surface area contributed by atoms with Crippen molar-refractivity contribution in [1.29, 1.82) is 0 Å². The van der Waals surface area contributed by atoms with E-state index >= 15 is 0 Å². The Morgan fingerprint density at radius 2 is 1.88 bits per heavy atom. The molecule has 1 aliphatic heterocycles. The van der Waals surface area contributed by atoms with E-state index in [0.717, 1.165) is 48.9 Å². The van der Waals surface area contributed by atoms with Crippen LogP contribution in [0.4, 0.5) is 0 Å². The molecule has 2 atom stereocenters. The number of ketones is 1. The van der Waals surface area contributed by atoms with Crippen molar-refractivity contribution in [3.8, 4) is 17.0 Å². The molecule has 34 heavy (non-hydrogen) atoms. The predicted molar refractivity (Wildman–Crippen MR) is 135 cm³/mol. The van der Waals surface area contributed by atoms with Gasteiger partial charge in [0.25, 0.3) is 0 Å². The number of nitrogens with zero attached hydrogens (tertiary/aromatic N) is 1. The van der Waals surface area contributed by atoms with E-state index in [4.69, 9.17) is 10.5 Å². The number of aromatic nitrogens is 1. The van der Waals surface area contributed by atoms with Gasteiger partial charge in [0.1, 0.15) is 5.75 Å². The molecule has 2 aliphatic rings. The molecule has 1 fully saturated rings. The molecular formula is C29H34N2O3. The maximum atomic E-state index is 12.8. The number of amides is 1. The van der Waals surface area contributed by atoms with E-state index in [1.807, 2.05) is 18.2 Å². The summed E-state index contributed by atoms with van der Waals surface area (Å²) in [5.41, 5.74) is 12.0. The highest BCUT2D eigenvalue weighted by Gasteiger charge is 2.62. The van der Waals surface area contributed by atoms with Crippen LogP contribution >= 0.6 is 0 Å². The lowest BCUT2D eigenvalue weighted by atomic mass is 9.85. The lowest BCUT2D eigenvalue weighted by molar-refractivity contribution is -0.123. The van der Waals surface area contributed by atoms with Crippen molar-refractivity contribution in [2.24, 2.45) is 11.1 Å². The number of hydrogen-bond acceptors (Lipinski definition) is 3. The first-order valence-electron chi connectivity index (χ1n) is 12.5. The number of carbonyl (C=O) groups is 2. The fourth-order valence-electron chi connectivity index (χ4n) is 6.28. The first-order valence-corrected chi connectivity index (χ1v) is 12.5. The number of fused-ring (bicyclic) bond motifs is 7. The molecule has 5 heteroatoms. The summed E-state index contributed by atoms with van der Waals surface area (Å²) in [4.78, 5) is 25.1. The summed E-state index contributed by atoms with van der Waals surface area (Å²) in [6.45, 7) is 6.63. The summed E-state index contributed by atoms with van der Waals surface area (Å²) in [7, 11) is 1.68. The second-order valence-corrected chi connectivity index (χ2v) is 10.1. The van der Waals surface area contributed by atoms with Crippen LogP contribution in [0.15, 0.2) is 36.4 Å². The van der Waals surface area contributed by atoms with Gasteiger partial charge in [-0.2, -0.15) is 0 Å². The Kier molecular flexibility index (Phi) is 5.54. The molecule has 0 radical (unpaired) electrons. The number of benzene rings is 2. The van der Waals surface area contributed by atoms with Gasteiger partial charge in [0.2, 0.25) is 5.91 Å². The number of Topliss-reactive ketones (excluding diaryl/α,β-unsaturated/α-hetero) is 1. The maximum absolute atomic E-state index is 12.8. The summed E-state index contributed by atoms with van der Waals surface area (Å²) in [5, 5.41) is 1.19. The van der Waals surface area contributed by atoms with Crippen molar-refractivity contribution >= 4 is 22.6 Å². The topological polar surface area (TPSA) is 74.3 Å². The van der Waals surface area contributed by atoms with Crippen LogP contribution in [0.25, 0.3) is 22.2 Å². The monoisotopic (exact) mass is 458 g/mol. The molecule has 1 amide bonds. The molecule has 1 aliphatic carbocycles. The van der Waals surface area contributed by atoms with Crippen molar-refractivity contribution in [3.63, 3.8) is 0 Å². The Bertz CT molecular complexity index is 1300. The molecule has 0 saturated heterocycles. The van der Waals surface area contributed by atoms with Gasteiger partial charge >= 0.3 is 0 Å². The standard InChI is InChI=1S/C29H34N2O3/c1-5-7-18(8-6-2)26-22-11-9-19(17(3)32)13-25(22)31-16-29(28(30)33)15-24(29)23-14-20(34-4)10-12-21(23)27(26)31/h9-14,18,24H,5-8,15-16H2,1-4H3,(H2,30,33). The Balaban J connectivity index is 1.89. The highest BCUT2D eigenvalue weighted by molar-refractivity contribution is 6.01. The highest BCUT2D eigenvalue weighted by atomic mass is 16.5. The van der Waals surface area contributed by atoms with Gasteiger partial charge in [-0.15, -0.1) is 0 Å². The van der Waals surface area contributed by atoms with E-state index in [-0.39, 0.29) is 17.6 Å². The van der Waals surface area contributed by atoms with E-state index < -0.39 is 5.41 Å². The van der Waals surface area contributed by atoms with Crippen LogP contribution in [-0.2, 0) is 11.3 Å². The van der Waals surface area contributed by atoms with Crippen LogP contribution in [0.3, 0.4) is 0 Å². The van der Waals surface area contributed by atoms with E-state index in [0.29, 0.717) is 18.0 Å². The number of carbonyl (C=O) groups excluding carboxylic acids is 2. The van der Waals surface area contributed by atoms with Gasteiger partial charge < -0.3 is 15.0 Å². The third-order valence-corrected chi connectivity index (χ3v) is 8.09. The molecule has 1 saturated carbocycles. The average Bonchev–Trinajstić information content (AvgIpc) is 3.50. The number of primary amides is 1. The fraction of sp³-hybridized carbons (Fsp3) is 0.448. The quantitative estimate of drug-likeness (QED) is 0.410. The van der Waals surface area contributed by atoms with Crippen LogP contribution < -0.4 is 10.5 Å². The second-order valence-electron chi connectivity index (χ2n) is 10.1. The Morgan fingerprint density at radius 1 is 1.15 bits per heavy atom. The normalized spacial score (nSPS) is 20.4. The largest absolute Gasteiger partial charge is 0.497 e. The maximum Gasteiger partial charge on any atom is 0.226 e. The Labute approximate surface area is 201 Å². The molecule has 178 valence electrons. The van der Waals surface area contributed by atoms with E-state index in [1.165, 1.54) is 22.2 Å². The zero-order chi connectivity index (χ0) is 24.2. The molecule has 5 rings (SSSR count). The molecule has 3 aromatic rings. The third kappa shape index (κ3) is 3.28. The van der Waals surface area contributed by atoms with Crippen LogP contribution in [0.1, 0.15) is 86.2 Å². The first-order chi connectivity index (χ1) is 16.4. The molecular weight excluding hydrogens is 424 g/mol. The van der Waals surface area contributed by atoms with Gasteiger partial charge in [0.15, 0.2) is 5.78 Å².